The van der Waals surface area contributed by atoms with Crippen LogP contribution in [0.15, 0.2) is 48.6 Å². The van der Waals surface area contributed by atoms with Gasteiger partial charge in [0, 0.05) is 19.3 Å². The third-order valence-electron chi connectivity index (χ3n) is 11.8. The van der Waals surface area contributed by atoms with E-state index in [1.807, 2.05) is 0 Å². The van der Waals surface area contributed by atoms with Crippen LogP contribution in [-0.2, 0) is 28.6 Å². The van der Waals surface area contributed by atoms with Gasteiger partial charge in [0.15, 0.2) is 6.10 Å². The van der Waals surface area contributed by atoms with Gasteiger partial charge >= 0.3 is 17.9 Å². The van der Waals surface area contributed by atoms with Crippen LogP contribution in [0, 0.1) is 0 Å². The van der Waals surface area contributed by atoms with Crippen molar-refractivity contribution in [1.82, 2.24) is 0 Å². The Balaban J connectivity index is 4.34. The molecule has 0 amide bonds. The lowest BCUT2D eigenvalue weighted by molar-refractivity contribution is -0.167. The lowest BCUT2D eigenvalue weighted by Crippen LogP contribution is -2.30. The number of hydrogen-bond donors (Lipinski definition) is 0. The van der Waals surface area contributed by atoms with Crippen molar-refractivity contribution in [1.29, 1.82) is 0 Å². The van der Waals surface area contributed by atoms with Crippen LogP contribution in [0.4, 0.5) is 0 Å². The van der Waals surface area contributed by atoms with Crippen molar-refractivity contribution in [3.8, 4) is 0 Å². The molecular formula is C57H102O6. The molecule has 0 unspecified atom stereocenters. The summed E-state index contributed by atoms with van der Waals surface area (Å²) in [7, 11) is 0. The Morgan fingerprint density at radius 2 is 0.619 bits per heavy atom. The van der Waals surface area contributed by atoms with E-state index in [0.717, 1.165) is 96.3 Å². The zero-order chi connectivity index (χ0) is 45.8. The number of ether oxygens (including phenoxy) is 3. The van der Waals surface area contributed by atoms with Crippen molar-refractivity contribution in [3.63, 3.8) is 0 Å². The molecule has 0 aliphatic carbocycles. The number of carbonyl (C=O) groups excluding carboxylic acids is 3. The molecule has 0 fully saturated rings. The maximum atomic E-state index is 12.8. The topological polar surface area (TPSA) is 78.9 Å². The van der Waals surface area contributed by atoms with Gasteiger partial charge in [0.1, 0.15) is 13.2 Å². The Morgan fingerprint density at radius 3 is 0.984 bits per heavy atom. The smallest absolute Gasteiger partial charge is 0.306 e. The van der Waals surface area contributed by atoms with Gasteiger partial charge in [-0.15, -0.1) is 0 Å². The quantitative estimate of drug-likeness (QED) is 0.0262. The molecule has 0 aromatic heterocycles. The highest BCUT2D eigenvalue weighted by Crippen LogP contribution is 2.15. The minimum absolute atomic E-state index is 0.0770. The van der Waals surface area contributed by atoms with E-state index in [2.05, 4.69) is 69.4 Å². The molecular weight excluding hydrogens is 781 g/mol. The van der Waals surface area contributed by atoms with Gasteiger partial charge in [-0.2, -0.15) is 0 Å². The lowest BCUT2D eigenvalue weighted by Gasteiger charge is -2.18. The third-order valence-corrected chi connectivity index (χ3v) is 11.8. The van der Waals surface area contributed by atoms with Crippen LogP contribution in [0.5, 0.6) is 0 Å². The number of hydrogen-bond acceptors (Lipinski definition) is 6. The first-order chi connectivity index (χ1) is 31.0. The molecule has 0 saturated carbocycles. The molecule has 0 saturated heterocycles. The first-order valence-electron chi connectivity index (χ1n) is 27.1. The fourth-order valence-corrected chi connectivity index (χ4v) is 7.75. The highest BCUT2D eigenvalue weighted by atomic mass is 16.6. The SMILES string of the molecule is CC/C=C\C/C=C\C/C=C\CCCCCCCC(=O)OC[C@H](COC(=O)CCCCCCCCCCCCC)OC(=O)CCCCCCCCCCC/C=C\CCCCCCCC. The van der Waals surface area contributed by atoms with Crippen molar-refractivity contribution in [2.45, 2.75) is 284 Å². The number of carbonyl (C=O) groups is 3. The summed E-state index contributed by atoms with van der Waals surface area (Å²) < 4.78 is 16.8. The van der Waals surface area contributed by atoms with E-state index < -0.39 is 6.10 Å². The third kappa shape index (κ3) is 50.2. The van der Waals surface area contributed by atoms with E-state index in [1.54, 1.807) is 0 Å². The monoisotopic (exact) mass is 883 g/mol. The fraction of sp³-hybridized carbons (Fsp3) is 0.807. The average Bonchev–Trinajstić information content (AvgIpc) is 3.28. The van der Waals surface area contributed by atoms with Gasteiger partial charge in [0.25, 0.3) is 0 Å². The second kappa shape index (κ2) is 52.0. The van der Waals surface area contributed by atoms with E-state index in [1.165, 1.54) is 141 Å². The molecule has 0 aromatic carbocycles. The molecule has 0 radical (unpaired) electrons. The number of esters is 3. The highest BCUT2D eigenvalue weighted by molar-refractivity contribution is 5.71. The second-order valence-corrected chi connectivity index (χ2v) is 18.1. The molecule has 0 N–H and O–H groups in total. The minimum Gasteiger partial charge on any atom is -0.462 e. The molecule has 1 atom stereocenters. The minimum atomic E-state index is -0.778. The van der Waals surface area contributed by atoms with Crippen LogP contribution in [0.1, 0.15) is 278 Å². The van der Waals surface area contributed by atoms with Crippen LogP contribution in [0.2, 0.25) is 0 Å². The van der Waals surface area contributed by atoms with Crippen molar-refractivity contribution >= 4 is 17.9 Å². The molecule has 0 rings (SSSR count). The number of unbranched alkanes of at least 4 members (excludes halogenated alkanes) is 30. The van der Waals surface area contributed by atoms with Gasteiger partial charge in [0.2, 0.25) is 0 Å². The van der Waals surface area contributed by atoms with Crippen molar-refractivity contribution in [2.75, 3.05) is 13.2 Å². The molecule has 6 nitrogen and oxygen atoms in total. The first-order valence-corrected chi connectivity index (χ1v) is 27.1. The van der Waals surface area contributed by atoms with Gasteiger partial charge in [-0.1, -0.05) is 230 Å². The molecule has 0 aliphatic heterocycles. The summed E-state index contributed by atoms with van der Waals surface area (Å²) in [4.78, 5) is 38.0. The van der Waals surface area contributed by atoms with Crippen LogP contribution >= 0.6 is 0 Å². The van der Waals surface area contributed by atoms with Gasteiger partial charge in [-0.05, 0) is 77.0 Å². The van der Waals surface area contributed by atoms with Crippen molar-refractivity contribution in [2.24, 2.45) is 0 Å². The van der Waals surface area contributed by atoms with E-state index in [-0.39, 0.29) is 31.1 Å². The zero-order valence-electron chi connectivity index (χ0n) is 41.8. The fourth-order valence-electron chi connectivity index (χ4n) is 7.75. The standard InChI is InChI=1S/C57H102O6/c1-4-7-10-13-16-19-22-24-26-27-28-29-31-33-36-39-42-45-48-51-57(60)63-54(52-61-55(58)49-46-43-40-37-34-21-18-15-12-9-6-3)53-62-56(59)50-47-44-41-38-35-32-30-25-23-20-17-14-11-8-5-2/h8,11,17,20,24-26,30,54H,4-7,9-10,12-16,18-19,21-23,27-29,31-53H2,1-3H3/b11-8-,20-17-,26-24-,30-25-/t54-/m0/s1. The van der Waals surface area contributed by atoms with Gasteiger partial charge in [-0.3, -0.25) is 14.4 Å². The van der Waals surface area contributed by atoms with Crippen molar-refractivity contribution in [3.05, 3.63) is 48.6 Å². The highest BCUT2D eigenvalue weighted by Gasteiger charge is 2.19. The van der Waals surface area contributed by atoms with Gasteiger partial charge < -0.3 is 14.2 Å². The van der Waals surface area contributed by atoms with Crippen LogP contribution in [0.3, 0.4) is 0 Å². The molecule has 0 spiro atoms. The Labute approximate surface area is 390 Å². The summed E-state index contributed by atoms with van der Waals surface area (Å²) in [6.45, 7) is 6.52. The molecule has 0 aromatic rings. The molecule has 63 heavy (non-hydrogen) atoms. The maximum absolute atomic E-state index is 12.8. The van der Waals surface area contributed by atoms with E-state index >= 15 is 0 Å². The Bertz CT molecular complexity index is 1110. The van der Waals surface area contributed by atoms with Gasteiger partial charge in [-0.25, -0.2) is 0 Å². The Morgan fingerprint density at radius 1 is 0.333 bits per heavy atom. The van der Waals surface area contributed by atoms with Crippen LogP contribution in [-0.4, -0.2) is 37.2 Å². The summed E-state index contributed by atoms with van der Waals surface area (Å²) in [6, 6.07) is 0. The van der Waals surface area contributed by atoms with Gasteiger partial charge in [0.05, 0.1) is 0 Å². The summed E-state index contributed by atoms with van der Waals surface area (Å²) in [5.41, 5.74) is 0. The molecule has 0 heterocycles. The van der Waals surface area contributed by atoms with E-state index in [9.17, 15) is 14.4 Å². The Hall–Kier alpha value is -2.63. The number of allylic oxidation sites excluding steroid dienone is 8. The lowest BCUT2D eigenvalue weighted by atomic mass is 10.1. The van der Waals surface area contributed by atoms with E-state index in [4.69, 9.17) is 14.2 Å². The molecule has 0 bridgehead atoms. The average molecular weight is 883 g/mol. The Kier molecular flexibility index (Phi) is 49.8. The maximum Gasteiger partial charge on any atom is 0.306 e. The normalized spacial score (nSPS) is 12.4. The summed E-state index contributed by atoms with van der Waals surface area (Å²) in [5.74, 6) is -0.887. The zero-order valence-corrected chi connectivity index (χ0v) is 41.8. The van der Waals surface area contributed by atoms with Crippen LogP contribution in [0.25, 0.3) is 0 Å². The number of rotatable bonds is 49. The molecule has 6 heteroatoms. The predicted molar refractivity (Wildman–Crippen MR) is 270 cm³/mol. The summed E-state index contributed by atoms with van der Waals surface area (Å²) >= 11 is 0. The summed E-state index contributed by atoms with van der Waals surface area (Å²) in [5, 5.41) is 0. The molecule has 366 valence electrons. The molecule has 0 aliphatic rings. The first kappa shape index (κ1) is 60.4. The van der Waals surface area contributed by atoms with E-state index in [0.29, 0.717) is 19.3 Å². The largest absolute Gasteiger partial charge is 0.462 e. The van der Waals surface area contributed by atoms with Crippen molar-refractivity contribution < 1.29 is 28.6 Å². The summed E-state index contributed by atoms with van der Waals surface area (Å²) in [6.07, 6.45) is 62.4. The van der Waals surface area contributed by atoms with Crippen LogP contribution < -0.4 is 0 Å². The second-order valence-electron chi connectivity index (χ2n) is 18.1. The predicted octanol–water partition coefficient (Wildman–Crippen LogP) is 17.9.